The van der Waals surface area contributed by atoms with Crippen LogP contribution in [-0.2, 0) is 7.05 Å². The average molecular weight is 462 g/mol. The lowest BCUT2D eigenvalue weighted by molar-refractivity contribution is 0.0993. The number of piperazine rings is 1. The van der Waals surface area contributed by atoms with Gasteiger partial charge in [0.05, 0.1) is 11.2 Å². The second-order valence-corrected chi connectivity index (χ2v) is 9.25. The Morgan fingerprint density at radius 3 is 2.53 bits per heavy atom. The molecule has 3 heterocycles. The molecule has 0 bridgehead atoms. The van der Waals surface area contributed by atoms with E-state index in [1.807, 2.05) is 19.1 Å². The Hall–Kier alpha value is -3.24. The Balaban J connectivity index is 1.76. The topological polar surface area (TPSA) is 45.7 Å². The predicted molar refractivity (Wildman–Crippen MR) is 135 cm³/mol. The molecule has 1 aliphatic rings. The summed E-state index contributed by atoms with van der Waals surface area (Å²) >= 11 is 0. The minimum atomic E-state index is -0.161. The van der Waals surface area contributed by atoms with Crippen molar-refractivity contribution in [1.29, 1.82) is 0 Å². The van der Waals surface area contributed by atoms with Gasteiger partial charge in [0, 0.05) is 49.9 Å². The summed E-state index contributed by atoms with van der Waals surface area (Å²) in [5, 5.41) is 0. The third-order valence-electron chi connectivity index (χ3n) is 7.26. The molecule has 3 aromatic rings. The van der Waals surface area contributed by atoms with Gasteiger partial charge in [-0.05, 0) is 50.5 Å². The monoisotopic (exact) mass is 461 g/mol. The van der Waals surface area contributed by atoms with E-state index in [4.69, 9.17) is 6.57 Å². The molecule has 1 saturated heterocycles. The van der Waals surface area contributed by atoms with Crippen molar-refractivity contribution in [3.63, 3.8) is 0 Å². The van der Waals surface area contributed by atoms with Crippen molar-refractivity contribution in [2.24, 2.45) is 7.05 Å². The molecule has 0 N–H and O–H groups in total. The van der Waals surface area contributed by atoms with Crippen LogP contribution in [0.25, 0.3) is 15.9 Å². The number of pyridine rings is 2. The number of rotatable bonds is 5. The Morgan fingerprint density at radius 2 is 1.88 bits per heavy atom. The fraction of sp³-hybridized carbons (Fsp3) is 0.444. The molecule has 7 heteroatoms. The third-order valence-corrected chi connectivity index (χ3v) is 7.26. The zero-order valence-electron chi connectivity index (χ0n) is 20.5. The van der Waals surface area contributed by atoms with E-state index in [1.54, 1.807) is 35.9 Å². The maximum absolute atomic E-state index is 14.8. The largest absolute Gasteiger partial charge is 0.362 e. The minimum absolute atomic E-state index is 0.0611. The van der Waals surface area contributed by atoms with Crippen molar-refractivity contribution in [2.45, 2.75) is 58.7 Å². The molecule has 1 aromatic carbocycles. The first-order chi connectivity index (χ1) is 16.3. The molecule has 0 saturated carbocycles. The minimum Gasteiger partial charge on any atom is -0.362 e. The van der Waals surface area contributed by atoms with Gasteiger partial charge in [-0.25, -0.2) is 4.39 Å². The van der Waals surface area contributed by atoms with Crippen LogP contribution in [0.1, 0.15) is 50.8 Å². The van der Waals surface area contributed by atoms with Crippen molar-refractivity contribution in [1.82, 2.24) is 14.5 Å². The number of benzene rings is 1. The Morgan fingerprint density at radius 1 is 1.15 bits per heavy atom. The number of hydrogen-bond acceptors (Lipinski definition) is 4. The van der Waals surface area contributed by atoms with Gasteiger partial charge in [-0.2, -0.15) is 0 Å². The van der Waals surface area contributed by atoms with Crippen LogP contribution < -0.4 is 10.5 Å². The van der Waals surface area contributed by atoms with E-state index in [1.165, 1.54) is 0 Å². The molecule has 178 valence electrons. The molecule has 0 aliphatic carbocycles. The van der Waals surface area contributed by atoms with Crippen molar-refractivity contribution < 1.29 is 4.39 Å². The van der Waals surface area contributed by atoms with E-state index in [9.17, 15) is 9.18 Å². The highest BCUT2D eigenvalue weighted by Crippen LogP contribution is 2.35. The van der Waals surface area contributed by atoms with Gasteiger partial charge in [-0.15, -0.1) is 4.98 Å². The summed E-state index contributed by atoms with van der Waals surface area (Å²) in [7, 11) is 1.73. The lowest BCUT2D eigenvalue weighted by atomic mass is 9.96. The zero-order chi connectivity index (χ0) is 24.6. The van der Waals surface area contributed by atoms with Crippen molar-refractivity contribution in [3.8, 4) is 0 Å². The van der Waals surface area contributed by atoms with Crippen LogP contribution >= 0.6 is 0 Å². The summed E-state index contributed by atoms with van der Waals surface area (Å²) in [5.74, 6) is 0.154. The number of hydrogen-bond donors (Lipinski definition) is 0. The first-order valence-corrected chi connectivity index (χ1v) is 12.0. The van der Waals surface area contributed by atoms with Crippen LogP contribution in [0.5, 0.6) is 0 Å². The molecule has 1 aliphatic heterocycles. The van der Waals surface area contributed by atoms with E-state index in [2.05, 4.69) is 40.4 Å². The zero-order valence-corrected chi connectivity index (χ0v) is 20.5. The molecule has 0 spiro atoms. The van der Waals surface area contributed by atoms with Crippen LogP contribution in [0.2, 0.25) is 0 Å². The number of aromatic nitrogens is 2. The van der Waals surface area contributed by atoms with Gasteiger partial charge >= 0.3 is 0 Å². The maximum Gasteiger partial charge on any atom is 0.270 e. The van der Waals surface area contributed by atoms with Gasteiger partial charge < -0.3 is 14.3 Å². The predicted octanol–water partition coefficient (Wildman–Crippen LogP) is 5.37. The SMILES string of the molecule is [C-]#[N+]c1ccc2c(n1)c(N1C[C@@H](CC)N(C(C)c3ccc(C)cc3F)C[C@@H]1CC)cc(=O)n2C. The Labute approximate surface area is 200 Å². The number of aryl methyl sites for hydroxylation is 2. The van der Waals surface area contributed by atoms with Crippen molar-refractivity contribution >= 4 is 22.5 Å². The Bertz CT molecular complexity index is 1310. The van der Waals surface area contributed by atoms with Crippen molar-refractivity contribution in [2.75, 3.05) is 18.0 Å². The van der Waals surface area contributed by atoms with Crippen LogP contribution in [0.3, 0.4) is 0 Å². The summed E-state index contributed by atoms with van der Waals surface area (Å²) < 4.78 is 16.4. The highest BCUT2D eigenvalue weighted by atomic mass is 19.1. The molecular weight excluding hydrogens is 429 g/mol. The smallest absolute Gasteiger partial charge is 0.270 e. The molecule has 6 nitrogen and oxygen atoms in total. The number of halogens is 1. The van der Waals surface area contributed by atoms with Crippen LogP contribution in [0, 0.1) is 19.3 Å². The van der Waals surface area contributed by atoms with Gasteiger partial charge in [0.1, 0.15) is 5.82 Å². The van der Waals surface area contributed by atoms with Gasteiger partial charge in [-0.3, -0.25) is 9.69 Å². The first-order valence-electron chi connectivity index (χ1n) is 12.0. The van der Waals surface area contributed by atoms with Gasteiger partial charge in [0.2, 0.25) is 5.52 Å². The summed E-state index contributed by atoms with van der Waals surface area (Å²) in [6, 6.07) is 10.8. The van der Waals surface area contributed by atoms with E-state index < -0.39 is 0 Å². The Kier molecular flexibility index (Phi) is 6.72. The standard InChI is InChI=1S/C27H32FN5O/c1-7-19-16-33(24-14-26(34)31(6)23-11-12-25(29-5)30-27(23)24)20(8-2)15-32(19)18(4)21-10-9-17(3)13-22(21)28/h9-14,18-20H,7-8,15-16H2,1-4,6H3/t18?,19-,20+/m1/s1. The second kappa shape index (κ2) is 9.55. The van der Waals surface area contributed by atoms with E-state index in [-0.39, 0.29) is 29.5 Å². The second-order valence-electron chi connectivity index (χ2n) is 9.25. The van der Waals surface area contributed by atoms with Gasteiger partial charge in [-0.1, -0.05) is 32.6 Å². The summed E-state index contributed by atoms with van der Waals surface area (Å²) in [6.45, 7) is 17.1. The summed E-state index contributed by atoms with van der Waals surface area (Å²) in [4.78, 5) is 25.6. The molecule has 0 radical (unpaired) electrons. The van der Waals surface area contributed by atoms with Crippen molar-refractivity contribution in [3.05, 3.63) is 75.1 Å². The highest BCUT2D eigenvalue weighted by molar-refractivity contribution is 5.89. The summed E-state index contributed by atoms with van der Waals surface area (Å²) in [6.07, 6.45) is 1.77. The quantitative estimate of drug-likeness (QED) is 0.479. The lowest BCUT2D eigenvalue weighted by Gasteiger charge is -2.49. The summed E-state index contributed by atoms with van der Waals surface area (Å²) in [5.41, 5.74) is 3.71. The molecule has 3 atom stereocenters. The molecule has 2 aromatic heterocycles. The normalized spacial score (nSPS) is 19.9. The molecule has 4 rings (SSSR count). The van der Waals surface area contributed by atoms with Crippen LogP contribution in [0.15, 0.2) is 41.2 Å². The maximum atomic E-state index is 14.8. The first kappa shape index (κ1) is 23.9. The number of fused-ring (bicyclic) bond motifs is 1. The van der Waals surface area contributed by atoms with Crippen LogP contribution in [0.4, 0.5) is 15.9 Å². The molecule has 1 unspecified atom stereocenters. The van der Waals surface area contributed by atoms with E-state index in [0.29, 0.717) is 17.9 Å². The third kappa shape index (κ3) is 4.19. The molecule has 0 amide bonds. The van der Waals surface area contributed by atoms with E-state index >= 15 is 0 Å². The molecule has 34 heavy (non-hydrogen) atoms. The van der Waals surface area contributed by atoms with E-state index in [0.717, 1.165) is 41.7 Å². The molecule has 1 fully saturated rings. The fourth-order valence-corrected chi connectivity index (χ4v) is 5.19. The van der Waals surface area contributed by atoms with Gasteiger partial charge in [0.25, 0.3) is 11.4 Å². The highest BCUT2D eigenvalue weighted by Gasteiger charge is 2.37. The number of anilines is 1. The fourth-order valence-electron chi connectivity index (χ4n) is 5.19. The lowest BCUT2D eigenvalue weighted by Crippen LogP contribution is -2.59. The average Bonchev–Trinajstić information content (AvgIpc) is 2.84. The number of nitrogens with zero attached hydrogens (tertiary/aromatic N) is 5. The molecular formula is C27H32FN5O. The van der Waals surface area contributed by atoms with Crippen LogP contribution in [-0.4, -0.2) is 39.6 Å². The van der Waals surface area contributed by atoms with Gasteiger partial charge in [0.15, 0.2) is 0 Å².